The number of fused-ring (bicyclic) bond motifs is 1. The first kappa shape index (κ1) is 13.6. The predicted molar refractivity (Wildman–Crippen MR) is 80.1 cm³/mol. The Kier molecular flexibility index (Phi) is 3.60. The molecular weight excluding hydrogens is 266 g/mol. The molecule has 1 amide bonds. The largest absolute Gasteiger partial charge is 0.384 e. The predicted octanol–water partition coefficient (Wildman–Crippen LogP) is 1.66. The number of carbonyl (C=O) groups excluding carboxylic acids is 1. The Balaban J connectivity index is 1.81. The minimum atomic E-state index is -0.190. The fourth-order valence-electron chi connectivity index (χ4n) is 2.73. The maximum atomic E-state index is 12.5. The van der Waals surface area contributed by atoms with E-state index in [1.165, 1.54) is 11.9 Å². The fraction of sp³-hybridized carbons (Fsp3) is 0.400. The van der Waals surface area contributed by atoms with E-state index in [0.717, 1.165) is 30.9 Å². The quantitative estimate of drug-likeness (QED) is 0.899. The Morgan fingerprint density at radius 1 is 1.48 bits per heavy atom. The number of aryl methyl sites for hydroxylation is 2. The van der Waals surface area contributed by atoms with E-state index >= 15 is 0 Å². The molecule has 6 heteroatoms. The van der Waals surface area contributed by atoms with E-state index in [2.05, 4.69) is 26.8 Å². The van der Waals surface area contributed by atoms with E-state index in [1.807, 2.05) is 26.1 Å². The van der Waals surface area contributed by atoms with E-state index in [9.17, 15) is 4.79 Å². The number of para-hydroxylation sites is 1. The molecule has 0 bridgehead atoms. The number of carbonyl (C=O) groups is 1. The van der Waals surface area contributed by atoms with Crippen LogP contribution in [-0.2, 0) is 13.5 Å². The number of aromatic nitrogens is 3. The first-order valence-electron chi connectivity index (χ1n) is 7.17. The van der Waals surface area contributed by atoms with E-state index in [-0.39, 0.29) is 11.9 Å². The molecule has 0 saturated heterocycles. The van der Waals surface area contributed by atoms with Gasteiger partial charge in [-0.15, -0.1) is 0 Å². The van der Waals surface area contributed by atoms with Gasteiger partial charge < -0.3 is 10.6 Å². The molecule has 1 atom stereocenters. The van der Waals surface area contributed by atoms with E-state index in [0.29, 0.717) is 5.56 Å². The van der Waals surface area contributed by atoms with Gasteiger partial charge in [0.2, 0.25) is 0 Å². The molecule has 0 aliphatic carbocycles. The minimum absolute atomic E-state index is 0.0863. The summed E-state index contributed by atoms with van der Waals surface area (Å²) in [6, 6.07) is 5.68. The number of nitrogens with one attached hydrogen (secondary N) is 2. The summed E-state index contributed by atoms with van der Waals surface area (Å²) in [6.07, 6.45) is 3.61. The van der Waals surface area contributed by atoms with Crippen LogP contribution in [0.2, 0.25) is 0 Å². The Labute approximate surface area is 123 Å². The molecule has 110 valence electrons. The van der Waals surface area contributed by atoms with Gasteiger partial charge in [-0.2, -0.15) is 5.10 Å². The summed E-state index contributed by atoms with van der Waals surface area (Å²) in [5.74, 6) is 0.651. The molecule has 1 aliphatic heterocycles. The number of hydrogen-bond acceptors (Lipinski definition) is 4. The van der Waals surface area contributed by atoms with Crippen molar-refractivity contribution in [3.05, 3.63) is 41.5 Å². The molecular formula is C15H19N5O. The van der Waals surface area contributed by atoms with Gasteiger partial charge in [-0.05, 0) is 31.4 Å². The topological polar surface area (TPSA) is 71.8 Å². The van der Waals surface area contributed by atoms with Gasteiger partial charge in [-0.3, -0.25) is 9.48 Å². The number of benzene rings is 1. The van der Waals surface area contributed by atoms with Crippen LogP contribution in [0.3, 0.4) is 0 Å². The van der Waals surface area contributed by atoms with Crippen LogP contribution in [0.5, 0.6) is 0 Å². The lowest BCUT2D eigenvalue weighted by atomic mass is 9.99. The number of hydrogen-bond donors (Lipinski definition) is 2. The maximum Gasteiger partial charge on any atom is 0.253 e. The third-order valence-electron chi connectivity index (χ3n) is 3.80. The van der Waals surface area contributed by atoms with Gasteiger partial charge in [0.05, 0.1) is 17.3 Å². The van der Waals surface area contributed by atoms with Crippen LogP contribution >= 0.6 is 0 Å². The van der Waals surface area contributed by atoms with Crippen molar-refractivity contribution in [1.82, 2.24) is 20.1 Å². The van der Waals surface area contributed by atoms with Crippen molar-refractivity contribution in [1.29, 1.82) is 0 Å². The third kappa shape index (κ3) is 2.61. The molecule has 2 aromatic rings. The van der Waals surface area contributed by atoms with Gasteiger partial charge in [0.15, 0.2) is 0 Å². The molecule has 21 heavy (non-hydrogen) atoms. The minimum Gasteiger partial charge on any atom is -0.384 e. The summed E-state index contributed by atoms with van der Waals surface area (Å²) in [5.41, 5.74) is 2.87. The zero-order chi connectivity index (χ0) is 14.8. The van der Waals surface area contributed by atoms with Crippen LogP contribution < -0.4 is 10.6 Å². The summed E-state index contributed by atoms with van der Waals surface area (Å²) >= 11 is 0. The Morgan fingerprint density at radius 2 is 2.33 bits per heavy atom. The number of amides is 1. The van der Waals surface area contributed by atoms with Crippen molar-refractivity contribution >= 4 is 11.6 Å². The van der Waals surface area contributed by atoms with Gasteiger partial charge >= 0.3 is 0 Å². The highest BCUT2D eigenvalue weighted by atomic mass is 16.1. The van der Waals surface area contributed by atoms with Crippen LogP contribution in [0, 0.1) is 0 Å². The lowest BCUT2D eigenvalue weighted by Crippen LogP contribution is -2.30. The van der Waals surface area contributed by atoms with Crippen LogP contribution in [-0.4, -0.2) is 27.2 Å². The van der Waals surface area contributed by atoms with Gasteiger partial charge in [0.1, 0.15) is 12.2 Å². The summed E-state index contributed by atoms with van der Waals surface area (Å²) in [4.78, 5) is 16.7. The normalized spacial score (nSPS) is 15.0. The highest BCUT2D eigenvalue weighted by Gasteiger charge is 2.20. The van der Waals surface area contributed by atoms with E-state index in [1.54, 1.807) is 4.68 Å². The molecule has 2 heterocycles. The average molecular weight is 285 g/mol. The average Bonchev–Trinajstić information content (AvgIpc) is 2.92. The van der Waals surface area contributed by atoms with Crippen LogP contribution in [0.25, 0.3) is 0 Å². The lowest BCUT2D eigenvalue weighted by molar-refractivity contribution is 0.0938. The molecule has 0 saturated carbocycles. The number of anilines is 1. The highest BCUT2D eigenvalue weighted by molar-refractivity contribution is 6.00. The monoisotopic (exact) mass is 285 g/mol. The summed E-state index contributed by atoms with van der Waals surface area (Å²) in [7, 11) is 1.82. The van der Waals surface area contributed by atoms with Crippen LogP contribution in [0.1, 0.15) is 41.1 Å². The van der Waals surface area contributed by atoms with Crippen molar-refractivity contribution in [3.8, 4) is 0 Å². The van der Waals surface area contributed by atoms with E-state index in [4.69, 9.17) is 0 Å². The second-order valence-corrected chi connectivity index (χ2v) is 5.31. The smallest absolute Gasteiger partial charge is 0.253 e. The molecule has 1 aromatic heterocycles. The first-order chi connectivity index (χ1) is 10.2. The Bertz CT molecular complexity index is 664. The standard InChI is InChI=1S/C15H19N5O/c1-10(14-17-9-18-20(14)2)19-15(21)12-7-3-5-11-6-4-8-16-13(11)12/h3,5,7,9-10,16H,4,6,8H2,1-2H3,(H,19,21)/t10-/m0/s1. The van der Waals surface area contributed by atoms with Gasteiger partial charge in [0.25, 0.3) is 5.91 Å². The highest BCUT2D eigenvalue weighted by Crippen LogP contribution is 2.26. The van der Waals surface area contributed by atoms with Gasteiger partial charge in [-0.25, -0.2) is 4.98 Å². The third-order valence-corrected chi connectivity index (χ3v) is 3.80. The molecule has 3 rings (SSSR count). The number of nitrogens with zero attached hydrogens (tertiary/aromatic N) is 3. The summed E-state index contributed by atoms with van der Waals surface area (Å²) < 4.78 is 1.67. The van der Waals surface area contributed by atoms with Crippen LogP contribution in [0.4, 0.5) is 5.69 Å². The molecule has 6 nitrogen and oxygen atoms in total. The van der Waals surface area contributed by atoms with Crippen LogP contribution in [0.15, 0.2) is 24.5 Å². The molecule has 0 radical (unpaired) electrons. The molecule has 0 spiro atoms. The second-order valence-electron chi connectivity index (χ2n) is 5.31. The zero-order valence-electron chi connectivity index (χ0n) is 12.3. The number of rotatable bonds is 3. The molecule has 0 unspecified atom stereocenters. The van der Waals surface area contributed by atoms with Gasteiger partial charge in [0, 0.05) is 13.6 Å². The first-order valence-corrected chi connectivity index (χ1v) is 7.17. The Morgan fingerprint density at radius 3 is 3.10 bits per heavy atom. The lowest BCUT2D eigenvalue weighted by Gasteiger charge is -2.21. The zero-order valence-corrected chi connectivity index (χ0v) is 12.3. The Hall–Kier alpha value is -2.37. The SMILES string of the molecule is C[C@H](NC(=O)c1cccc2c1NCCC2)c1ncnn1C. The van der Waals surface area contributed by atoms with Gasteiger partial charge in [-0.1, -0.05) is 12.1 Å². The summed E-state index contributed by atoms with van der Waals surface area (Å²) in [5, 5.41) is 10.4. The van der Waals surface area contributed by atoms with E-state index < -0.39 is 0 Å². The molecule has 2 N–H and O–H groups in total. The van der Waals surface area contributed by atoms with Crippen molar-refractivity contribution in [2.24, 2.45) is 7.05 Å². The van der Waals surface area contributed by atoms with Crippen molar-refractivity contribution < 1.29 is 4.79 Å². The van der Waals surface area contributed by atoms with Crippen molar-refractivity contribution in [3.63, 3.8) is 0 Å². The molecule has 0 fully saturated rings. The van der Waals surface area contributed by atoms with Crippen molar-refractivity contribution in [2.45, 2.75) is 25.8 Å². The molecule has 1 aliphatic rings. The summed E-state index contributed by atoms with van der Waals surface area (Å²) in [6.45, 7) is 2.82. The fourth-order valence-corrected chi connectivity index (χ4v) is 2.73. The van der Waals surface area contributed by atoms with Crippen molar-refractivity contribution in [2.75, 3.05) is 11.9 Å². The molecule has 1 aromatic carbocycles. The second kappa shape index (κ2) is 5.55. The maximum absolute atomic E-state index is 12.5.